The van der Waals surface area contributed by atoms with Crippen molar-refractivity contribution in [3.05, 3.63) is 0 Å². The monoisotopic (exact) mass is 349 g/mol. The maximum Gasteiger partial charge on any atom is 0.373 e. The van der Waals surface area contributed by atoms with Gasteiger partial charge in [-0.1, -0.05) is 0 Å². The Balaban J connectivity index is -0.000000118. The average Bonchev–Trinajstić information content (AvgIpc) is 2.40. The molecule has 12 heteroatoms. The van der Waals surface area contributed by atoms with Crippen LogP contribution in [0.15, 0.2) is 0 Å². The van der Waals surface area contributed by atoms with Gasteiger partial charge in [-0.2, -0.15) is 9.59 Å². The molecule has 12 nitrogen and oxygen atoms in total. The predicted molar refractivity (Wildman–Crippen MR) is 62.7 cm³/mol. The van der Waals surface area contributed by atoms with E-state index in [0.717, 1.165) is 27.7 Å². The molecule has 0 amide bonds. The summed E-state index contributed by atoms with van der Waals surface area (Å²) in [5, 5.41) is 37.0. The van der Waals surface area contributed by atoms with E-state index in [1.54, 1.807) is 0 Å². The van der Waals surface area contributed by atoms with Gasteiger partial charge in [-0.15, -0.1) is 0 Å². The predicted octanol–water partition coefficient (Wildman–Crippen LogP) is -5.86. The van der Waals surface area contributed by atoms with Crippen LogP contribution in [0.25, 0.3) is 0 Å². The molecule has 0 aromatic carbocycles. The Kier molecular flexibility index (Phi) is 17.7. The first-order valence-corrected chi connectivity index (χ1v) is 5.47. The Bertz CT molecular complexity index is 458. The summed E-state index contributed by atoms with van der Waals surface area (Å²) in [6.07, 6.45) is 0.250. The average molecular weight is 349 g/mol. The van der Waals surface area contributed by atoms with Crippen LogP contribution in [0.5, 0.6) is 0 Å². The van der Waals surface area contributed by atoms with E-state index < -0.39 is 40.9 Å². The Morgan fingerprint density at radius 2 is 0.958 bits per heavy atom. The Hall–Kier alpha value is -3.24. The van der Waals surface area contributed by atoms with Gasteiger partial charge in [0, 0.05) is 13.8 Å². The van der Waals surface area contributed by atoms with E-state index in [-0.39, 0.29) is 6.15 Å². The van der Waals surface area contributed by atoms with Crippen LogP contribution >= 0.6 is 0 Å². The van der Waals surface area contributed by atoms with E-state index in [2.05, 4.69) is 0 Å². The molecule has 0 saturated heterocycles. The number of Topliss-reactive ketones (excluding diaryl/α,β-unsaturated/α-hetero) is 3. The normalized spacial score (nSPS) is 10.2. The third-order valence-electron chi connectivity index (χ3n) is 1.66. The fourth-order valence-corrected chi connectivity index (χ4v) is 0.144. The topological polar surface area (TPSA) is 226 Å². The van der Waals surface area contributed by atoms with Crippen molar-refractivity contribution in [3.63, 3.8) is 0 Å². The lowest BCUT2D eigenvalue weighted by Gasteiger charge is -2.19. The Morgan fingerprint density at radius 3 is 0.958 bits per heavy atom. The highest BCUT2D eigenvalue weighted by atomic mass is 16.4. The number of carbonyl (C=O) groups excluding carboxylic acids is 8. The molecule has 0 fully saturated rings. The first-order valence-electron chi connectivity index (χ1n) is 5.47. The summed E-state index contributed by atoms with van der Waals surface area (Å²) in [4.78, 5) is 73.8. The quantitative estimate of drug-likeness (QED) is 0.369. The molecule has 0 aromatic rings. The van der Waals surface area contributed by atoms with Gasteiger partial charge in [0.05, 0.1) is 5.97 Å². The number of hydrogen-bond acceptors (Lipinski definition) is 12. The molecule has 0 spiro atoms. The van der Waals surface area contributed by atoms with Gasteiger partial charge in [-0.25, -0.2) is 0 Å². The van der Waals surface area contributed by atoms with Crippen molar-refractivity contribution >= 4 is 41.4 Å². The second-order valence-corrected chi connectivity index (χ2v) is 3.69. The minimum Gasteiger partial charge on any atom is -0.547 e. The minimum atomic E-state index is -2.33. The zero-order valence-electron chi connectivity index (χ0n) is 12.9. The third-order valence-corrected chi connectivity index (χ3v) is 1.66. The molecule has 0 saturated carbocycles. The van der Waals surface area contributed by atoms with Crippen molar-refractivity contribution in [1.82, 2.24) is 0 Å². The molecule has 136 valence electrons. The first kappa shape index (κ1) is 28.9. The van der Waals surface area contributed by atoms with Crippen LogP contribution < -0.4 is 15.3 Å². The van der Waals surface area contributed by atoms with Crippen LogP contribution in [0.4, 0.5) is 0 Å². The second-order valence-electron chi connectivity index (χ2n) is 3.69. The van der Waals surface area contributed by atoms with Crippen LogP contribution in [-0.2, 0) is 38.4 Å². The maximum atomic E-state index is 10.2. The fourth-order valence-electron chi connectivity index (χ4n) is 0.144. The van der Waals surface area contributed by atoms with Gasteiger partial charge in [0.2, 0.25) is 0 Å². The molecule has 24 heavy (non-hydrogen) atoms. The number of hydrogen-bond donors (Lipinski definition) is 1. The minimum absolute atomic E-state index is 0.250. The molecule has 1 N–H and O–H groups in total. The third kappa shape index (κ3) is 21.1. The zero-order valence-corrected chi connectivity index (χ0v) is 12.9. The van der Waals surface area contributed by atoms with Crippen molar-refractivity contribution < 1.29 is 58.8 Å². The Labute approximate surface area is 134 Å². The molecule has 0 radical (unpaired) electrons. The van der Waals surface area contributed by atoms with Gasteiger partial charge in [0.25, 0.3) is 0 Å². The van der Waals surface area contributed by atoms with Crippen LogP contribution in [0.1, 0.15) is 27.7 Å². The van der Waals surface area contributed by atoms with E-state index in [9.17, 15) is 44.1 Å². The van der Waals surface area contributed by atoms with Gasteiger partial charge in [-0.3, -0.25) is 14.4 Å². The molecule has 0 aliphatic rings. The van der Waals surface area contributed by atoms with Crippen molar-refractivity contribution in [2.45, 2.75) is 33.3 Å². The van der Waals surface area contributed by atoms with E-state index >= 15 is 0 Å². The van der Waals surface area contributed by atoms with Crippen LogP contribution in [0, 0.1) is 0 Å². The molecular formula is C12H13O12-3. The molecule has 0 aliphatic carbocycles. The molecule has 1 atom stereocenters. The lowest BCUT2D eigenvalue weighted by Crippen LogP contribution is -2.50. The number of carboxylic acid groups (broad SMARTS) is 3. The van der Waals surface area contributed by atoms with E-state index in [0.29, 0.717) is 0 Å². The molecule has 0 bridgehead atoms. The summed E-state index contributed by atoms with van der Waals surface area (Å²) in [6, 6.07) is 0. The number of rotatable bonds is 4. The second kappa shape index (κ2) is 14.7. The van der Waals surface area contributed by atoms with Crippen LogP contribution in [-0.4, -0.2) is 52.1 Å². The van der Waals surface area contributed by atoms with Crippen molar-refractivity contribution in [2.24, 2.45) is 0 Å². The number of aliphatic hydroxyl groups is 1. The molecule has 0 aromatic heterocycles. The molecular weight excluding hydrogens is 336 g/mol. The van der Waals surface area contributed by atoms with E-state index in [1.807, 2.05) is 0 Å². The molecule has 0 rings (SSSR count). The SMILES string of the molecule is CC(=O)C(=O)[O-].CC(=O)C(=O)[O-].CC(=O)C(C)(O)C(=O)[O-].O=C=O. The van der Waals surface area contributed by atoms with E-state index in [1.165, 1.54) is 0 Å². The van der Waals surface area contributed by atoms with Crippen LogP contribution in [0.3, 0.4) is 0 Å². The smallest absolute Gasteiger partial charge is 0.373 e. The van der Waals surface area contributed by atoms with Gasteiger partial charge in [-0.05, 0) is 13.8 Å². The summed E-state index contributed by atoms with van der Waals surface area (Å²) < 4.78 is 0. The summed E-state index contributed by atoms with van der Waals surface area (Å²) >= 11 is 0. The molecule has 1 unspecified atom stereocenters. The van der Waals surface area contributed by atoms with Gasteiger partial charge in [0.15, 0.2) is 23.0 Å². The maximum absolute atomic E-state index is 10.2. The lowest BCUT2D eigenvalue weighted by molar-refractivity contribution is -0.320. The lowest BCUT2D eigenvalue weighted by atomic mass is 10.0. The van der Waals surface area contributed by atoms with Crippen LogP contribution in [0.2, 0.25) is 0 Å². The number of carbonyl (C=O) groups is 6. The standard InChI is InChI=1S/C5H8O4.2C3H4O3.CO2/c1-3(6)5(2,9)4(7)8;2*1-2(4)3(5)6;2-1-3/h9H,1-2H3,(H,7,8);2*1H3,(H,5,6);/p-3. The molecule has 0 heterocycles. The zero-order chi connectivity index (χ0) is 20.7. The Morgan fingerprint density at radius 1 is 0.792 bits per heavy atom. The first-order chi connectivity index (χ1) is 10.6. The highest BCUT2D eigenvalue weighted by Crippen LogP contribution is 2.01. The van der Waals surface area contributed by atoms with E-state index in [4.69, 9.17) is 14.7 Å². The van der Waals surface area contributed by atoms with Gasteiger partial charge < -0.3 is 34.8 Å². The van der Waals surface area contributed by atoms with Crippen molar-refractivity contribution in [2.75, 3.05) is 0 Å². The summed E-state index contributed by atoms with van der Waals surface area (Å²) in [5.74, 6) is -7.73. The van der Waals surface area contributed by atoms with Crippen molar-refractivity contribution in [3.8, 4) is 0 Å². The molecule has 0 aliphatic heterocycles. The summed E-state index contributed by atoms with van der Waals surface area (Å²) in [6.45, 7) is 3.74. The highest BCUT2D eigenvalue weighted by molar-refractivity contribution is 6.30. The number of aliphatic carboxylic acids is 3. The fraction of sp³-hybridized carbons (Fsp3) is 0.417. The largest absolute Gasteiger partial charge is 0.547 e. The number of ketones is 3. The van der Waals surface area contributed by atoms with Gasteiger partial charge in [0.1, 0.15) is 11.9 Å². The van der Waals surface area contributed by atoms with Crippen molar-refractivity contribution in [1.29, 1.82) is 0 Å². The summed E-state index contributed by atoms with van der Waals surface area (Å²) in [7, 11) is 0. The highest BCUT2D eigenvalue weighted by Gasteiger charge is 2.27. The number of carboxylic acids is 3. The van der Waals surface area contributed by atoms with Gasteiger partial charge >= 0.3 is 6.15 Å². The summed E-state index contributed by atoms with van der Waals surface area (Å²) in [5.41, 5.74) is -2.33.